The molecule has 1 saturated heterocycles. The summed E-state index contributed by atoms with van der Waals surface area (Å²) in [7, 11) is 0. The smallest absolute Gasteiger partial charge is 0.289 e. The zero-order valence-corrected chi connectivity index (χ0v) is 30.5. The zero-order chi connectivity index (χ0) is 35.9. The van der Waals surface area contributed by atoms with E-state index in [1.165, 1.54) is 17.4 Å². The van der Waals surface area contributed by atoms with E-state index >= 15 is 0 Å². The van der Waals surface area contributed by atoms with Crippen LogP contribution in [0.15, 0.2) is 30.2 Å². The summed E-state index contributed by atoms with van der Waals surface area (Å²) in [6, 6.07) is -0.172. The first-order valence-corrected chi connectivity index (χ1v) is 18.8. The molecule has 11 nitrogen and oxygen atoms in total. The number of hydrogen-bond acceptors (Lipinski definition) is 7. The summed E-state index contributed by atoms with van der Waals surface area (Å²) >= 11 is 1.30. The lowest BCUT2D eigenvalue weighted by Crippen LogP contribution is -2.62. The van der Waals surface area contributed by atoms with Gasteiger partial charge in [0.25, 0.3) is 11.8 Å². The number of Topliss-reactive ketones (excluding diaryl/α,β-unsaturated/α-hetero) is 1. The molecular weight excluding hydrogens is 643 g/mol. The van der Waals surface area contributed by atoms with E-state index in [2.05, 4.69) is 27.8 Å². The highest BCUT2D eigenvalue weighted by molar-refractivity contribution is 7.12. The van der Waals surface area contributed by atoms with Crippen LogP contribution in [0.25, 0.3) is 0 Å². The molecule has 0 bridgehead atoms. The van der Waals surface area contributed by atoms with Crippen molar-refractivity contribution in [3.05, 3.63) is 35.0 Å². The lowest BCUT2D eigenvalue weighted by Gasteiger charge is -2.38. The Labute approximate surface area is 294 Å². The minimum Gasteiger partial charge on any atom is -0.346 e. The van der Waals surface area contributed by atoms with Crippen LogP contribution in [-0.4, -0.2) is 77.5 Å². The highest BCUT2D eigenvalue weighted by atomic mass is 32.1. The Morgan fingerprint density at radius 1 is 0.980 bits per heavy atom. The Morgan fingerprint density at radius 3 is 2.24 bits per heavy atom. The monoisotopic (exact) mass is 697 g/mol. The molecule has 4 rings (SSSR count). The Morgan fingerprint density at radius 2 is 1.67 bits per heavy atom. The van der Waals surface area contributed by atoms with Crippen molar-refractivity contribution in [1.82, 2.24) is 26.2 Å². The van der Waals surface area contributed by atoms with Crippen LogP contribution >= 0.6 is 11.3 Å². The van der Waals surface area contributed by atoms with Crippen LogP contribution in [0.4, 0.5) is 0 Å². The molecule has 0 radical (unpaired) electrons. The van der Waals surface area contributed by atoms with Gasteiger partial charge in [-0.05, 0) is 66.2 Å². The molecule has 2 aliphatic carbocycles. The quantitative estimate of drug-likeness (QED) is 0.161. The Balaban J connectivity index is 1.57. The van der Waals surface area contributed by atoms with Gasteiger partial charge in [0, 0.05) is 13.1 Å². The average molecular weight is 698 g/mol. The van der Waals surface area contributed by atoms with Crippen molar-refractivity contribution < 1.29 is 28.8 Å². The van der Waals surface area contributed by atoms with E-state index in [-0.39, 0.29) is 42.0 Å². The SMILES string of the molecule is C=CCNC(=O)C(=O)C(CC1CC1)NC(=O)[C@@H]1[C@@H](C(C)C)CCN1C(=O)[C@@H](NC(=O)[C@@H](NC(=O)c1cccs1)C1CCCCC1)C(C)(C)C. The normalized spacial score (nSPS) is 21.7. The first-order valence-electron chi connectivity index (χ1n) is 17.9. The maximum Gasteiger partial charge on any atom is 0.289 e. The lowest BCUT2D eigenvalue weighted by atomic mass is 9.82. The summed E-state index contributed by atoms with van der Waals surface area (Å²) in [5.41, 5.74) is -0.730. The van der Waals surface area contributed by atoms with Crippen molar-refractivity contribution in [3.63, 3.8) is 0 Å². The third-order valence-electron chi connectivity index (χ3n) is 10.2. The molecular formula is C37H55N5O6S. The van der Waals surface area contributed by atoms with Crippen molar-refractivity contribution in [1.29, 1.82) is 0 Å². The van der Waals surface area contributed by atoms with E-state index in [0.29, 0.717) is 24.3 Å². The molecule has 49 heavy (non-hydrogen) atoms. The van der Waals surface area contributed by atoms with Gasteiger partial charge < -0.3 is 26.2 Å². The number of thiophene rings is 1. The molecule has 4 N–H and O–H groups in total. The van der Waals surface area contributed by atoms with Gasteiger partial charge >= 0.3 is 0 Å². The highest BCUT2D eigenvalue weighted by Gasteiger charge is 2.48. The van der Waals surface area contributed by atoms with Crippen molar-refractivity contribution in [2.24, 2.45) is 29.1 Å². The predicted molar refractivity (Wildman–Crippen MR) is 189 cm³/mol. The molecule has 0 spiro atoms. The maximum atomic E-state index is 14.6. The fourth-order valence-electron chi connectivity index (χ4n) is 7.21. The summed E-state index contributed by atoms with van der Waals surface area (Å²) in [5, 5.41) is 13.2. The van der Waals surface area contributed by atoms with Gasteiger partial charge in [-0.3, -0.25) is 28.8 Å². The number of hydrogen-bond donors (Lipinski definition) is 4. The second kappa shape index (κ2) is 16.9. The van der Waals surface area contributed by atoms with E-state index < -0.39 is 53.1 Å². The Bertz CT molecular complexity index is 1360. The predicted octanol–water partition coefficient (Wildman–Crippen LogP) is 3.99. The van der Waals surface area contributed by atoms with Crippen LogP contribution in [-0.2, 0) is 24.0 Å². The zero-order valence-electron chi connectivity index (χ0n) is 29.7. The summed E-state index contributed by atoms with van der Waals surface area (Å²) < 4.78 is 0. The van der Waals surface area contributed by atoms with Gasteiger partial charge in [-0.15, -0.1) is 17.9 Å². The van der Waals surface area contributed by atoms with Crippen molar-refractivity contribution in [2.45, 2.75) is 117 Å². The van der Waals surface area contributed by atoms with Crippen molar-refractivity contribution >= 4 is 46.7 Å². The molecule has 3 aliphatic rings. The molecule has 270 valence electrons. The second-order valence-electron chi connectivity index (χ2n) is 15.4. The minimum absolute atomic E-state index is 0.0489. The highest BCUT2D eigenvalue weighted by Crippen LogP contribution is 2.36. The molecule has 2 saturated carbocycles. The van der Waals surface area contributed by atoms with E-state index in [1.54, 1.807) is 17.0 Å². The molecule has 0 aromatic carbocycles. The number of nitrogens with zero attached hydrogens (tertiary/aromatic N) is 1. The lowest BCUT2D eigenvalue weighted by molar-refractivity contribution is -0.146. The maximum absolute atomic E-state index is 14.6. The van der Waals surface area contributed by atoms with Crippen LogP contribution < -0.4 is 21.3 Å². The second-order valence-corrected chi connectivity index (χ2v) is 16.4. The molecule has 5 amide bonds. The first kappa shape index (κ1) is 38.3. The van der Waals surface area contributed by atoms with E-state index in [1.807, 2.05) is 40.0 Å². The number of likely N-dealkylation sites (tertiary alicyclic amines) is 1. The Kier molecular flexibility index (Phi) is 13.2. The average Bonchev–Trinajstić information content (AvgIpc) is 3.50. The number of rotatable bonds is 15. The van der Waals surface area contributed by atoms with Gasteiger partial charge in [-0.1, -0.05) is 78.9 Å². The van der Waals surface area contributed by atoms with Crippen molar-refractivity contribution in [3.8, 4) is 0 Å². The van der Waals surface area contributed by atoms with Gasteiger partial charge in [-0.2, -0.15) is 0 Å². The minimum atomic E-state index is -1.00. The van der Waals surface area contributed by atoms with E-state index in [4.69, 9.17) is 0 Å². The number of carbonyl (C=O) groups is 6. The molecule has 3 fully saturated rings. The third kappa shape index (κ3) is 10.0. The van der Waals surface area contributed by atoms with Gasteiger partial charge in [0.15, 0.2) is 0 Å². The molecule has 1 aromatic heterocycles. The summed E-state index contributed by atoms with van der Waals surface area (Å²) in [5.74, 6) is -3.02. The molecule has 1 unspecified atom stereocenters. The fourth-order valence-corrected chi connectivity index (χ4v) is 7.84. The number of nitrogens with one attached hydrogen (secondary N) is 4. The summed E-state index contributed by atoms with van der Waals surface area (Å²) in [6.07, 6.45) is 8.88. The van der Waals surface area contributed by atoms with Gasteiger partial charge in [-0.25, -0.2) is 0 Å². The third-order valence-corrected chi connectivity index (χ3v) is 11.1. The molecule has 5 atom stereocenters. The van der Waals surface area contributed by atoms with Gasteiger partial charge in [0.05, 0.1) is 10.9 Å². The van der Waals surface area contributed by atoms with Crippen LogP contribution in [0.5, 0.6) is 0 Å². The van der Waals surface area contributed by atoms with Gasteiger partial charge in [0.2, 0.25) is 23.5 Å². The number of carbonyl (C=O) groups excluding carboxylic acids is 6. The largest absolute Gasteiger partial charge is 0.346 e. The molecule has 2 heterocycles. The van der Waals surface area contributed by atoms with E-state index in [0.717, 1.165) is 44.9 Å². The Hall–Kier alpha value is -3.54. The van der Waals surface area contributed by atoms with Crippen LogP contribution in [0.3, 0.4) is 0 Å². The van der Waals surface area contributed by atoms with Crippen molar-refractivity contribution in [2.75, 3.05) is 13.1 Å². The summed E-state index contributed by atoms with van der Waals surface area (Å²) in [6.45, 7) is 13.6. The first-order chi connectivity index (χ1) is 23.2. The fraction of sp³-hybridized carbons (Fsp3) is 0.676. The molecule has 12 heteroatoms. The topological polar surface area (TPSA) is 154 Å². The van der Waals surface area contributed by atoms with Gasteiger partial charge in [0.1, 0.15) is 18.1 Å². The number of amides is 5. The molecule has 1 aliphatic heterocycles. The van der Waals surface area contributed by atoms with Crippen LogP contribution in [0, 0.1) is 29.1 Å². The molecule has 1 aromatic rings. The van der Waals surface area contributed by atoms with Crippen LogP contribution in [0.2, 0.25) is 0 Å². The standard InChI is InChI=1S/C37H55N5O6S/c1-7-18-38-35(47)30(43)26(21-23-15-16-23)39-34(46)29-25(22(2)3)17-19-42(29)36(48)31(37(4,5)6)41-33(45)28(24-12-9-8-10-13-24)40-32(44)27-14-11-20-49-27/h7,11,14,20,22-26,28-29,31H,1,8-10,12-13,15-19,21H2,2-6H3,(H,38,47)(H,39,46)(H,40,44)(H,41,45)/t25-,26?,28+,29+,31-/m1/s1. The van der Waals surface area contributed by atoms with Crippen LogP contribution in [0.1, 0.15) is 102 Å². The number of ketones is 1. The summed E-state index contributed by atoms with van der Waals surface area (Å²) in [4.78, 5) is 83.8. The van der Waals surface area contributed by atoms with E-state index in [9.17, 15) is 28.8 Å².